The van der Waals surface area contributed by atoms with Crippen LogP contribution >= 0.6 is 0 Å². The maximum atomic E-state index is 12.3. The van der Waals surface area contributed by atoms with Crippen molar-refractivity contribution in [3.63, 3.8) is 0 Å². The Morgan fingerprint density at radius 3 is 2.94 bits per heavy atom. The second-order valence-corrected chi connectivity index (χ2v) is 7.91. The van der Waals surface area contributed by atoms with Crippen LogP contribution in [0, 0.1) is 0 Å². The molecule has 0 radical (unpaired) electrons. The summed E-state index contributed by atoms with van der Waals surface area (Å²) in [5.41, 5.74) is 5.23. The number of aryl methyl sites for hydroxylation is 1. The van der Waals surface area contributed by atoms with Crippen LogP contribution in [0.4, 0.5) is 5.69 Å². The van der Waals surface area contributed by atoms with Crippen molar-refractivity contribution in [2.45, 2.75) is 12.8 Å². The van der Waals surface area contributed by atoms with Crippen molar-refractivity contribution < 1.29 is 14.3 Å². The number of Topliss-reactive ketones (excluding diaryl/α,β-unsaturated/α-hetero) is 1. The van der Waals surface area contributed by atoms with Crippen LogP contribution in [0.3, 0.4) is 0 Å². The zero-order valence-corrected chi connectivity index (χ0v) is 16.8. The molecule has 1 N–H and O–H groups in total. The smallest absolute Gasteiger partial charge is 0.250 e. The standard InChI is InChI=1S/C25H19N3O3/c1-2-23(30)28-9-10-31-22-8-4-14(11-20(22)28)19-12-17-15(13-26-19)3-5-16-24-18(27-25(16)17)6-7-21(24)29/h2-5,8,11-13,27H,1,6-7,9-10H2. The average molecular weight is 409 g/mol. The van der Waals surface area contributed by atoms with Crippen molar-refractivity contribution >= 4 is 39.1 Å². The van der Waals surface area contributed by atoms with Crippen molar-refractivity contribution in [1.82, 2.24) is 9.97 Å². The molecule has 1 aliphatic heterocycles. The van der Waals surface area contributed by atoms with Gasteiger partial charge in [-0.2, -0.15) is 0 Å². The number of ketones is 1. The first kappa shape index (κ1) is 17.9. The zero-order valence-electron chi connectivity index (χ0n) is 16.8. The van der Waals surface area contributed by atoms with Gasteiger partial charge in [0, 0.05) is 45.6 Å². The molecule has 6 nitrogen and oxygen atoms in total. The van der Waals surface area contributed by atoms with Gasteiger partial charge in [-0.3, -0.25) is 14.6 Å². The maximum Gasteiger partial charge on any atom is 0.250 e. The first-order valence-corrected chi connectivity index (χ1v) is 10.3. The Kier molecular flexibility index (Phi) is 3.77. The number of carbonyl (C=O) groups excluding carboxylic acids is 2. The number of pyridine rings is 1. The van der Waals surface area contributed by atoms with Crippen LogP contribution in [-0.2, 0) is 11.2 Å². The molecule has 3 heterocycles. The van der Waals surface area contributed by atoms with Gasteiger partial charge >= 0.3 is 0 Å². The van der Waals surface area contributed by atoms with E-state index in [2.05, 4.69) is 16.5 Å². The fraction of sp³-hybridized carbons (Fsp3) is 0.160. The molecule has 6 heteroatoms. The molecule has 1 amide bonds. The highest BCUT2D eigenvalue weighted by atomic mass is 16.5. The van der Waals surface area contributed by atoms with Gasteiger partial charge in [-0.05, 0) is 36.8 Å². The van der Waals surface area contributed by atoms with Crippen molar-refractivity contribution in [3.05, 3.63) is 66.5 Å². The number of hydrogen-bond acceptors (Lipinski definition) is 4. The van der Waals surface area contributed by atoms with Gasteiger partial charge < -0.3 is 14.6 Å². The molecule has 31 heavy (non-hydrogen) atoms. The fourth-order valence-electron chi connectivity index (χ4n) is 4.68. The number of nitrogens with zero attached hydrogens (tertiary/aromatic N) is 2. The predicted octanol–water partition coefficient (Wildman–Crippen LogP) is 4.42. The second kappa shape index (κ2) is 6.54. The van der Waals surface area contributed by atoms with Crippen molar-refractivity contribution in [2.75, 3.05) is 18.1 Å². The molecule has 0 unspecified atom stereocenters. The Morgan fingerprint density at radius 2 is 2.06 bits per heavy atom. The number of rotatable bonds is 2. The van der Waals surface area contributed by atoms with E-state index in [1.165, 1.54) is 6.08 Å². The topological polar surface area (TPSA) is 75.3 Å². The highest BCUT2D eigenvalue weighted by Gasteiger charge is 2.26. The Balaban J connectivity index is 1.52. The summed E-state index contributed by atoms with van der Waals surface area (Å²) in [5.74, 6) is 0.727. The maximum absolute atomic E-state index is 12.3. The first-order valence-electron chi connectivity index (χ1n) is 10.3. The normalized spacial score (nSPS) is 15.1. The van der Waals surface area contributed by atoms with Crippen molar-refractivity contribution in [2.24, 2.45) is 0 Å². The van der Waals surface area contributed by atoms with Crippen molar-refractivity contribution in [1.29, 1.82) is 0 Å². The van der Waals surface area contributed by atoms with E-state index >= 15 is 0 Å². The summed E-state index contributed by atoms with van der Waals surface area (Å²) in [6.45, 7) is 4.54. The number of ether oxygens (including phenoxy) is 1. The molecule has 0 saturated heterocycles. The fourth-order valence-corrected chi connectivity index (χ4v) is 4.68. The number of nitrogens with one attached hydrogen (secondary N) is 1. The lowest BCUT2D eigenvalue weighted by Crippen LogP contribution is -2.36. The molecule has 2 aliphatic rings. The van der Waals surface area contributed by atoms with Crippen molar-refractivity contribution in [3.8, 4) is 17.0 Å². The number of benzene rings is 2. The molecule has 0 fully saturated rings. The number of hydrogen-bond donors (Lipinski definition) is 1. The third-order valence-electron chi connectivity index (χ3n) is 6.19. The number of aromatic nitrogens is 2. The van der Waals surface area contributed by atoms with Gasteiger partial charge in [-0.15, -0.1) is 0 Å². The van der Waals surface area contributed by atoms with E-state index in [4.69, 9.17) is 4.74 Å². The Hall–Kier alpha value is -3.93. The SMILES string of the molecule is C=CC(=O)N1CCOc2ccc(-c3cc4c(ccc5c6c([nH]c54)CCC6=O)cn3)cc21. The molecule has 0 atom stereocenters. The summed E-state index contributed by atoms with van der Waals surface area (Å²) < 4.78 is 5.73. The van der Waals surface area contributed by atoms with E-state index in [0.717, 1.165) is 56.3 Å². The van der Waals surface area contributed by atoms with E-state index in [1.54, 1.807) is 4.90 Å². The van der Waals surface area contributed by atoms with Crippen LogP contribution in [0.15, 0.2) is 55.3 Å². The first-order chi connectivity index (χ1) is 15.1. The number of anilines is 1. The Morgan fingerprint density at radius 1 is 1.16 bits per heavy atom. The van der Waals surface area contributed by atoms with Crippen LogP contribution < -0.4 is 9.64 Å². The summed E-state index contributed by atoms with van der Waals surface area (Å²) in [6.07, 6.45) is 4.51. The van der Waals surface area contributed by atoms with Crippen LogP contribution in [0.5, 0.6) is 5.75 Å². The quantitative estimate of drug-likeness (QED) is 0.497. The van der Waals surface area contributed by atoms with Gasteiger partial charge in [-0.1, -0.05) is 18.7 Å². The van der Waals surface area contributed by atoms with Gasteiger partial charge in [0.05, 0.1) is 23.4 Å². The van der Waals surface area contributed by atoms with E-state index in [9.17, 15) is 9.59 Å². The largest absolute Gasteiger partial charge is 0.490 e. The van der Waals surface area contributed by atoms with E-state index in [1.807, 2.05) is 42.6 Å². The molecule has 0 spiro atoms. The van der Waals surface area contributed by atoms with Crippen LogP contribution in [-0.4, -0.2) is 34.8 Å². The molecule has 2 aromatic heterocycles. The molecule has 4 aromatic rings. The third-order valence-corrected chi connectivity index (χ3v) is 6.19. The molecule has 0 bridgehead atoms. The second-order valence-electron chi connectivity index (χ2n) is 7.91. The van der Waals surface area contributed by atoms with E-state index < -0.39 is 0 Å². The van der Waals surface area contributed by atoms with E-state index in [0.29, 0.717) is 25.3 Å². The van der Waals surface area contributed by atoms with Gasteiger partial charge in [-0.25, -0.2) is 0 Å². The van der Waals surface area contributed by atoms with Crippen LogP contribution in [0.2, 0.25) is 0 Å². The molecule has 1 aliphatic carbocycles. The number of amides is 1. The van der Waals surface area contributed by atoms with Crippen LogP contribution in [0.25, 0.3) is 32.9 Å². The lowest BCUT2D eigenvalue weighted by Gasteiger charge is -2.29. The summed E-state index contributed by atoms with van der Waals surface area (Å²) >= 11 is 0. The minimum atomic E-state index is -0.152. The highest BCUT2D eigenvalue weighted by molar-refractivity contribution is 6.17. The molecule has 152 valence electrons. The Bertz CT molecular complexity index is 1430. The number of aromatic amines is 1. The molecular formula is C25H19N3O3. The lowest BCUT2D eigenvalue weighted by atomic mass is 10.0. The van der Waals surface area contributed by atoms with Gasteiger partial charge in [0.2, 0.25) is 0 Å². The molecule has 0 saturated carbocycles. The predicted molar refractivity (Wildman–Crippen MR) is 120 cm³/mol. The molecule has 6 rings (SSSR count). The minimum Gasteiger partial charge on any atom is -0.490 e. The summed E-state index contributed by atoms with van der Waals surface area (Å²) in [7, 11) is 0. The number of carbonyl (C=O) groups is 2. The molecule has 2 aromatic carbocycles. The number of H-pyrrole nitrogens is 1. The lowest BCUT2D eigenvalue weighted by molar-refractivity contribution is -0.114. The Labute approximate surface area is 178 Å². The van der Waals surface area contributed by atoms with Gasteiger partial charge in [0.15, 0.2) is 5.78 Å². The summed E-state index contributed by atoms with van der Waals surface area (Å²) in [4.78, 5) is 34.4. The number of fused-ring (bicyclic) bond motifs is 6. The van der Waals surface area contributed by atoms with Crippen LogP contribution in [0.1, 0.15) is 22.5 Å². The zero-order chi connectivity index (χ0) is 21.1. The molecular weight excluding hydrogens is 390 g/mol. The van der Waals surface area contributed by atoms with Gasteiger partial charge in [0.1, 0.15) is 12.4 Å². The van der Waals surface area contributed by atoms with Gasteiger partial charge in [0.25, 0.3) is 5.91 Å². The summed E-state index contributed by atoms with van der Waals surface area (Å²) in [6, 6.07) is 11.8. The highest BCUT2D eigenvalue weighted by Crippen LogP contribution is 2.38. The van der Waals surface area contributed by atoms with E-state index in [-0.39, 0.29) is 11.7 Å². The third kappa shape index (κ3) is 2.61. The average Bonchev–Trinajstić information content (AvgIpc) is 3.37. The minimum absolute atomic E-state index is 0.152. The monoisotopic (exact) mass is 409 g/mol. The summed E-state index contributed by atoms with van der Waals surface area (Å²) in [5, 5.41) is 3.01.